The number of rotatable bonds is 4. The summed E-state index contributed by atoms with van der Waals surface area (Å²) in [5.41, 5.74) is -0.0410. The zero-order valence-corrected chi connectivity index (χ0v) is 12.4. The van der Waals surface area contributed by atoms with Crippen LogP contribution in [-0.4, -0.2) is 17.2 Å². The van der Waals surface area contributed by atoms with Crippen LogP contribution in [0.3, 0.4) is 0 Å². The minimum absolute atomic E-state index is 0.147. The molecule has 2 aromatic rings. The van der Waals surface area contributed by atoms with Gasteiger partial charge in [0.2, 0.25) is 0 Å². The lowest BCUT2D eigenvalue weighted by molar-refractivity contribution is -0.139. The van der Waals surface area contributed by atoms with Crippen molar-refractivity contribution in [2.45, 2.75) is 28.9 Å². The Kier molecular flexibility index (Phi) is 4.66. The average Bonchev–Trinajstić information content (AvgIpc) is 2.76. The molecule has 0 bridgehead atoms. The molecule has 0 radical (unpaired) electrons. The molecule has 0 aliphatic carbocycles. The molecule has 0 amide bonds. The van der Waals surface area contributed by atoms with E-state index >= 15 is 0 Å². The van der Waals surface area contributed by atoms with Gasteiger partial charge < -0.3 is 5.32 Å². The summed E-state index contributed by atoms with van der Waals surface area (Å²) in [5.74, 6) is 0. The molecule has 1 heterocycles. The molecule has 20 heavy (non-hydrogen) atoms. The van der Waals surface area contributed by atoms with Gasteiger partial charge in [0.15, 0.2) is 4.34 Å². The van der Waals surface area contributed by atoms with Gasteiger partial charge in [-0.3, -0.25) is 0 Å². The van der Waals surface area contributed by atoms with E-state index in [1.165, 1.54) is 23.5 Å². The summed E-state index contributed by atoms with van der Waals surface area (Å²) in [6.07, 6.45) is -4.38. The van der Waals surface area contributed by atoms with Crippen LogP contribution < -0.4 is 5.32 Å². The first-order valence-corrected chi connectivity index (χ1v) is 7.36. The quantitative estimate of drug-likeness (QED) is 0.932. The second-order valence-electron chi connectivity index (χ2n) is 4.05. The first-order valence-electron chi connectivity index (χ1n) is 5.73. The maximum Gasteiger partial charge on any atom is 0.417 e. The van der Waals surface area contributed by atoms with Crippen LogP contribution in [0, 0.1) is 6.92 Å². The normalized spacial score (nSPS) is 11.8. The summed E-state index contributed by atoms with van der Waals surface area (Å²) in [6.45, 7) is 2.16. The fourth-order valence-corrected chi connectivity index (χ4v) is 3.52. The summed E-state index contributed by atoms with van der Waals surface area (Å²) in [6, 6.07) is 4.34. The maximum atomic E-state index is 13.1. The lowest BCUT2D eigenvalue weighted by atomic mass is 10.1. The van der Waals surface area contributed by atoms with Crippen molar-refractivity contribution >= 4 is 23.1 Å². The molecule has 108 valence electrons. The predicted molar refractivity (Wildman–Crippen MR) is 73.0 cm³/mol. The average molecular weight is 319 g/mol. The highest BCUT2D eigenvalue weighted by atomic mass is 32.2. The number of halogens is 3. The van der Waals surface area contributed by atoms with Crippen molar-refractivity contribution in [2.24, 2.45) is 0 Å². The molecule has 0 aliphatic heterocycles. The maximum absolute atomic E-state index is 13.1. The van der Waals surface area contributed by atoms with E-state index < -0.39 is 11.7 Å². The largest absolute Gasteiger partial charge is 0.417 e. The molecule has 0 saturated carbocycles. The van der Waals surface area contributed by atoms with E-state index in [0.717, 1.165) is 16.8 Å². The summed E-state index contributed by atoms with van der Waals surface area (Å²) < 4.78 is 39.8. The summed E-state index contributed by atoms with van der Waals surface area (Å²) in [4.78, 5) is 0.147. The lowest BCUT2D eigenvalue weighted by Crippen LogP contribution is -2.10. The highest BCUT2D eigenvalue weighted by Crippen LogP contribution is 2.40. The highest BCUT2D eigenvalue weighted by Gasteiger charge is 2.34. The van der Waals surface area contributed by atoms with Gasteiger partial charge in [-0.15, -0.1) is 10.2 Å². The molecular formula is C12H12F3N3S2. The Balaban J connectivity index is 2.36. The third kappa shape index (κ3) is 3.71. The molecular weight excluding hydrogens is 307 g/mol. The van der Waals surface area contributed by atoms with E-state index in [1.807, 2.05) is 0 Å². The number of benzene rings is 1. The van der Waals surface area contributed by atoms with Gasteiger partial charge in [-0.1, -0.05) is 29.2 Å². The Morgan fingerprint density at radius 2 is 2.05 bits per heavy atom. The SMILES string of the molecule is CNCc1ccc(Sc2nnc(C)s2)c(C(F)(F)F)c1. The third-order valence-electron chi connectivity index (χ3n) is 2.44. The van der Waals surface area contributed by atoms with Gasteiger partial charge in [0.25, 0.3) is 0 Å². The van der Waals surface area contributed by atoms with Gasteiger partial charge in [-0.05, 0) is 31.7 Å². The van der Waals surface area contributed by atoms with E-state index in [4.69, 9.17) is 0 Å². The van der Waals surface area contributed by atoms with Crippen molar-refractivity contribution < 1.29 is 13.2 Å². The molecule has 0 saturated heterocycles. The Bertz CT molecular complexity index is 596. The molecule has 3 nitrogen and oxygen atoms in total. The number of hydrogen-bond donors (Lipinski definition) is 1. The fraction of sp³-hybridized carbons (Fsp3) is 0.333. The Morgan fingerprint density at radius 3 is 2.60 bits per heavy atom. The smallest absolute Gasteiger partial charge is 0.316 e. The van der Waals surface area contributed by atoms with Crippen LogP contribution in [0.2, 0.25) is 0 Å². The third-order valence-corrected chi connectivity index (χ3v) is 4.40. The molecule has 2 rings (SSSR count). The molecule has 8 heteroatoms. The predicted octanol–water partition coefficient (Wildman–Crippen LogP) is 3.74. The standard InChI is InChI=1S/C12H12F3N3S2/c1-7-17-18-11(19-7)20-10-4-3-8(6-16-2)5-9(10)12(13,14)15/h3-5,16H,6H2,1-2H3. The number of nitrogens with one attached hydrogen (secondary N) is 1. The van der Waals surface area contributed by atoms with Crippen LogP contribution in [0.4, 0.5) is 13.2 Å². The van der Waals surface area contributed by atoms with E-state index in [9.17, 15) is 13.2 Å². The van der Waals surface area contributed by atoms with Crippen LogP contribution >= 0.6 is 23.1 Å². The van der Waals surface area contributed by atoms with Crippen LogP contribution in [0.25, 0.3) is 0 Å². The van der Waals surface area contributed by atoms with Gasteiger partial charge in [0.1, 0.15) is 5.01 Å². The Morgan fingerprint density at radius 1 is 1.30 bits per heavy atom. The molecule has 0 fully saturated rings. The minimum Gasteiger partial charge on any atom is -0.316 e. The van der Waals surface area contributed by atoms with Gasteiger partial charge >= 0.3 is 6.18 Å². The zero-order valence-electron chi connectivity index (χ0n) is 10.8. The molecule has 1 N–H and O–H groups in total. The number of nitrogens with zero attached hydrogens (tertiary/aromatic N) is 2. The van der Waals surface area contributed by atoms with Crippen molar-refractivity contribution in [1.82, 2.24) is 15.5 Å². The van der Waals surface area contributed by atoms with Gasteiger partial charge in [-0.2, -0.15) is 13.2 Å². The van der Waals surface area contributed by atoms with E-state index in [1.54, 1.807) is 20.0 Å². The molecule has 0 aliphatic rings. The highest BCUT2D eigenvalue weighted by molar-refractivity contribution is 8.01. The van der Waals surface area contributed by atoms with Crippen molar-refractivity contribution in [3.05, 3.63) is 34.3 Å². The van der Waals surface area contributed by atoms with E-state index in [0.29, 0.717) is 16.4 Å². The Labute approximate surface area is 122 Å². The monoisotopic (exact) mass is 319 g/mol. The second kappa shape index (κ2) is 6.11. The number of aromatic nitrogens is 2. The number of hydrogen-bond acceptors (Lipinski definition) is 5. The summed E-state index contributed by atoms with van der Waals surface area (Å²) >= 11 is 2.27. The molecule has 1 aromatic carbocycles. The van der Waals surface area contributed by atoms with Crippen molar-refractivity contribution in [1.29, 1.82) is 0 Å². The molecule has 0 spiro atoms. The minimum atomic E-state index is -4.38. The lowest BCUT2D eigenvalue weighted by Gasteiger charge is -2.13. The van der Waals surface area contributed by atoms with Gasteiger partial charge in [-0.25, -0.2) is 0 Å². The topological polar surface area (TPSA) is 37.8 Å². The second-order valence-corrected chi connectivity index (χ2v) is 6.52. The first kappa shape index (κ1) is 15.3. The van der Waals surface area contributed by atoms with Crippen LogP contribution in [-0.2, 0) is 12.7 Å². The Hall–Kier alpha value is -1.12. The van der Waals surface area contributed by atoms with Gasteiger partial charge in [0.05, 0.1) is 5.56 Å². The van der Waals surface area contributed by atoms with Crippen LogP contribution in [0.15, 0.2) is 27.4 Å². The number of aryl methyl sites for hydroxylation is 1. The van der Waals surface area contributed by atoms with E-state index in [-0.39, 0.29) is 4.90 Å². The van der Waals surface area contributed by atoms with Crippen LogP contribution in [0.1, 0.15) is 16.1 Å². The van der Waals surface area contributed by atoms with Crippen molar-refractivity contribution in [3.8, 4) is 0 Å². The molecule has 0 unspecified atom stereocenters. The fourth-order valence-electron chi connectivity index (χ4n) is 1.62. The van der Waals surface area contributed by atoms with Crippen LogP contribution in [0.5, 0.6) is 0 Å². The van der Waals surface area contributed by atoms with Gasteiger partial charge in [0, 0.05) is 11.4 Å². The number of alkyl halides is 3. The molecule has 0 atom stereocenters. The summed E-state index contributed by atoms with van der Waals surface area (Å²) in [7, 11) is 1.69. The van der Waals surface area contributed by atoms with Crippen molar-refractivity contribution in [3.63, 3.8) is 0 Å². The first-order chi connectivity index (χ1) is 9.40. The van der Waals surface area contributed by atoms with Crippen molar-refractivity contribution in [2.75, 3.05) is 7.05 Å². The molecule has 1 aromatic heterocycles. The zero-order chi connectivity index (χ0) is 14.8. The summed E-state index contributed by atoms with van der Waals surface area (Å²) in [5, 5.41) is 11.2. The van der Waals surface area contributed by atoms with E-state index in [2.05, 4.69) is 15.5 Å².